The summed E-state index contributed by atoms with van der Waals surface area (Å²) in [5.41, 5.74) is 2.51. The Kier molecular flexibility index (Phi) is 4.36. The number of ether oxygens (including phenoxy) is 1. The lowest BCUT2D eigenvalue weighted by Crippen LogP contribution is -2.17. The van der Waals surface area contributed by atoms with E-state index in [1.54, 1.807) is 7.11 Å². The van der Waals surface area contributed by atoms with Gasteiger partial charge in [-0.15, -0.1) is 0 Å². The van der Waals surface area contributed by atoms with Gasteiger partial charge in [-0.1, -0.05) is 12.1 Å². The van der Waals surface area contributed by atoms with Crippen LogP contribution in [-0.4, -0.2) is 23.4 Å². The van der Waals surface area contributed by atoms with E-state index in [9.17, 15) is 0 Å². The molecule has 1 heterocycles. The first kappa shape index (κ1) is 12.6. The van der Waals surface area contributed by atoms with Crippen LogP contribution in [0.2, 0.25) is 0 Å². The smallest absolute Gasteiger partial charge is 0.118 e. The molecule has 18 heavy (non-hydrogen) atoms. The van der Waals surface area contributed by atoms with Crippen molar-refractivity contribution in [3.63, 3.8) is 0 Å². The van der Waals surface area contributed by atoms with Gasteiger partial charge >= 0.3 is 0 Å². The third-order valence-electron chi connectivity index (χ3n) is 2.97. The molecule has 4 nitrogen and oxygen atoms in total. The Bertz CT molecular complexity index is 476. The van der Waals surface area contributed by atoms with Gasteiger partial charge in [-0.3, -0.25) is 4.68 Å². The molecule has 2 rings (SSSR count). The summed E-state index contributed by atoms with van der Waals surface area (Å²) in [5.74, 6) is 0.897. The Morgan fingerprint density at radius 1 is 1.22 bits per heavy atom. The Balaban J connectivity index is 1.73. The van der Waals surface area contributed by atoms with Crippen molar-refractivity contribution < 1.29 is 4.74 Å². The first-order valence-corrected chi connectivity index (χ1v) is 6.10. The van der Waals surface area contributed by atoms with Gasteiger partial charge in [-0.05, 0) is 23.8 Å². The van der Waals surface area contributed by atoms with Crippen LogP contribution in [0.25, 0.3) is 0 Å². The van der Waals surface area contributed by atoms with Crippen molar-refractivity contribution in [2.75, 3.05) is 13.7 Å². The minimum Gasteiger partial charge on any atom is -0.497 e. The molecule has 1 aromatic carbocycles. The topological polar surface area (TPSA) is 39.1 Å². The molecule has 0 atom stereocenters. The van der Waals surface area contributed by atoms with Crippen molar-refractivity contribution in [1.82, 2.24) is 15.1 Å². The van der Waals surface area contributed by atoms with E-state index in [4.69, 9.17) is 4.74 Å². The summed E-state index contributed by atoms with van der Waals surface area (Å²) in [6.45, 7) is 1.83. The Hall–Kier alpha value is -1.81. The van der Waals surface area contributed by atoms with Crippen LogP contribution in [0, 0.1) is 0 Å². The summed E-state index contributed by atoms with van der Waals surface area (Å²) in [4.78, 5) is 0. The van der Waals surface area contributed by atoms with Crippen LogP contribution >= 0.6 is 0 Å². The molecule has 0 bridgehead atoms. The number of nitrogens with zero attached hydrogens (tertiary/aromatic N) is 2. The number of hydrogen-bond acceptors (Lipinski definition) is 3. The molecule has 0 aliphatic rings. The fourth-order valence-corrected chi connectivity index (χ4v) is 1.84. The lowest BCUT2D eigenvalue weighted by Gasteiger charge is -2.06. The average molecular weight is 245 g/mol. The largest absolute Gasteiger partial charge is 0.497 e. The second kappa shape index (κ2) is 6.21. The predicted octanol–water partition coefficient (Wildman–Crippen LogP) is 1.76. The summed E-state index contributed by atoms with van der Waals surface area (Å²) in [7, 11) is 3.65. The second-order valence-corrected chi connectivity index (χ2v) is 4.22. The molecule has 0 amide bonds. The van der Waals surface area contributed by atoms with E-state index in [0.717, 1.165) is 25.3 Å². The van der Waals surface area contributed by atoms with E-state index in [1.165, 1.54) is 11.3 Å². The maximum absolute atomic E-state index is 5.13. The van der Waals surface area contributed by atoms with Gasteiger partial charge in [-0.25, -0.2) is 0 Å². The molecule has 96 valence electrons. The van der Waals surface area contributed by atoms with Gasteiger partial charge in [0.05, 0.1) is 7.11 Å². The summed E-state index contributed by atoms with van der Waals surface area (Å²) in [6.07, 6.45) is 2.82. The molecule has 4 heteroatoms. The highest BCUT2D eigenvalue weighted by Gasteiger charge is 1.98. The first-order valence-electron chi connectivity index (χ1n) is 6.10. The van der Waals surface area contributed by atoms with Gasteiger partial charge in [-0.2, -0.15) is 5.10 Å². The zero-order valence-corrected chi connectivity index (χ0v) is 10.9. The molecular formula is C14H19N3O. The van der Waals surface area contributed by atoms with E-state index in [2.05, 4.69) is 28.6 Å². The molecule has 0 saturated carbocycles. The minimum absolute atomic E-state index is 0.877. The molecule has 2 aromatic rings. The zero-order chi connectivity index (χ0) is 12.8. The van der Waals surface area contributed by atoms with Gasteiger partial charge in [0, 0.05) is 38.4 Å². The molecular weight excluding hydrogens is 226 g/mol. The molecule has 0 saturated heterocycles. The van der Waals surface area contributed by atoms with Gasteiger partial charge in [0.15, 0.2) is 0 Å². The summed E-state index contributed by atoms with van der Waals surface area (Å²) in [5, 5.41) is 7.57. The summed E-state index contributed by atoms with van der Waals surface area (Å²) in [6, 6.07) is 10.2. The van der Waals surface area contributed by atoms with E-state index < -0.39 is 0 Å². The number of hydrogen-bond donors (Lipinski definition) is 1. The normalized spacial score (nSPS) is 10.6. The molecule has 0 spiro atoms. The molecule has 0 unspecified atom stereocenters. The van der Waals surface area contributed by atoms with Gasteiger partial charge in [0.25, 0.3) is 0 Å². The van der Waals surface area contributed by atoms with Crippen LogP contribution in [0.4, 0.5) is 0 Å². The quantitative estimate of drug-likeness (QED) is 0.788. The van der Waals surface area contributed by atoms with E-state index in [0.29, 0.717) is 0 Å². The van der Waals surface area contributed by atoms with Gasteiger partial charge in [0.2, 0.25) is 0 Å². The number of rotatable bonds is 6. The van der Waals surface area contributed by atoms with Crippen LogP contribution in [0.15, 0.2) is 36.5 Å². The summed E-state index contributed by atoms with van der Waals surface area (Å²) >= 11 is 0. The van der Waals surface area contributed by atoms with Crippen LogP contribution in [-0.2, 0) is 20.0 Å². The molecule has 1 aromatic heterocycles. The van der Waals surface area contributed by atoms with Crippen LogP contribution in [0.1, 0.15) is 11.3 Å². The molecule has 0 radical (unpaired) electrons. The van der Waals surface area contributed by atoms with Crippen molar-refractivity contribution in [3.05, 3.63) is 47.8 Å². The monoisotopic (exact) mass is 245 g/mol. The highest BCUT2D eigenvalue weighted by molar-refractivity contribution is 5.26. The average Bonchev–Trinajstić information content (AvgIpc) is 2.81. The third-order valence-corrected chi connectivity index (χ3v) is 2.97. The third kappa shape index (κ3) is 3.34. The molecule has 1 N–H and O–H groups in total. The first-order chi connectivity index (χ1) is 8.79. The van der Waals surface area contributed by atoms with Crippen LogP contribution in [0.3, 0.4) is 0 Å². The maximum atomic E-state index is 5.13. The standard InChI is InChI=1S/C14H19N3O/c1-17-13(8-10-16-17)7-9-15-11-12-3-5-14(18-2)6-4-12/h3-6,8,10,15H,7,9,11H2,1-2H3. The van der Waals surface area contributed by atoms with Crippen LogP contribution in [0.5, 0.6) is 5.75 Å². The van der Waals surface area contributed by atoms with Gasteiger partial charge in [0.1, 0.15) is 5.75 Å². The minimum atomic E-state index is 0.877. The Morgan fingerprint density at radius 3 is 2.61 bits per heavy atom. The van der Waals surface area contributed by atoms with Gasteiger partial charge < -0.3 is 10.1 Å². The highest BCUT2D eigenvalue weighted by atomic mass is 16.5. The van der Waals surface area contributed by atoms with Crippen LogP contribution < -0.4 is 10.1 Å². The molecule has 0 fully saturated rings. The number of nitrogens with one attached hydrogen (secondary N) is 1. The number of aromatic nitrogens is 2. The Labute approximate surface area is 108 Å². The highest BCUT2D eigenvalue weighted by Crippen LogP contribution is 2.10. The van der Waals surface area contributed by atoms with E-state index in [-0.39, 0.29) is 0 Å². The number of aryl methyl sites for hydroxylation is 1. The van der Waals surface area contributed by atoms with Crippen molar-refractivity contribution in [1.29, 1.82) is 0 Å². The maximum Gasteiger partial charge on any atom is 0.118 e. The second-order valence-electron chi connectivity index (χ2n) is 4.22. The zero-order valence-electron chi connectivity index (χ0n) is 10.9. The van der Waals surface area contributed by atoms with Crippen molar-refractivity contribution in [2.24, 2.45) is 7.05 Å². The Morgan fingerprint density at radius 2 is 2.00 bits per heavy atom. The van der Waals surface area contributed by atoms with Crippen molar-refractivity contribution >= 4 is 0 Å². The predicted molar refractivity (Wildman–Crippen MR) is 71.6 cm³/mol. The van der Waals surface area contributed by atoms with Crippen molar-refractivity contribution in [2.45, 2.75) is 13.0 Å². The molecule has 0 aliphatic carbocycles. The number of benzene rings is 1. The summed E-state index contributed by atoms with van der Waals surface area (Å²) < 4.78 is 7.04. The lowest BCUT2D eigenvalue weighted by atomic mass is 10.2. The SMILES string of the molecule is COc1ccc(CNCCc2ccnn2C)cc1. The lowest BCUT2D eigenvalue weighted by molar-refractivity contribution is 0.414. The fourth-order valence-electron chi connectivity index (χ4n) is 1.84. The van der Waals surface area contributed by atoms with E-state index >= 15 is 0 Å². The fraction of sp³-hybridized carbons (Fsp3) is 0.357. The molecule has 0 aliphatic heterocycles. The van der Waals surface area contributed by atoms with E-state index in [1.807, 2.05) is 30.1 Å². The van der Waals surface area contributed by atoms with Crippen molar-refractivity contribution in [3.8, 4) is 5.75 Å². The number of methoxy groups -OCH3 is 1.